The Hall–Kier alpha value is -2.66. The van der Waals surface area contributed by atoms with Gasteiger partial charge in [-0.05, 0) is 35.9 Å². The third-order valence-electron chi connectivity index (χ3n) is 3.59. The molecule has 0 fully saturated rings. The molecule has 4 nitrogen and oxygen atoms in total. The van der Waals surface area contributed by atoms with Crippen molar-refractivity contribution in [3.63, 3.8) is 0 Å². The Kier molecular flexibility index (Phi) is 5.14. The third-order valence-corrected chi connectivity index (χ3v) is 4.28. The van der Waals surface area contributed by atoms with E-state index in [1.54, 1.807) is 12.1 Å². The number of aromatic nitrogens is 1. The second-order valence-corrected chi connectivity index (χ2v) is 6.23. The smallest absolute Gasteiger partial charge is 0.308 e. The van der Waals surface area contributed by atoms with Crippen molar-refractivity contribution in [2.45, 2.75) is 6.92 Å². The normalized spacial score (nSPS) is 11.0. The predicted octanol–water partition coefficient (Wildman–Crippen LogP) is 5.10. The summed E-state index contributed by atoms with van der Waals surface area (Å²) in [6, 6.07) is 15.5. The Bertz CT molecular complexity index is 966. The van der Waals surface area contributed by atoms with Crippen LogP contribution in [0.4, 0.5) is 0 Å². The van der Waals surface area contributed by atoms with E-state index < -0.39 is 5.97 Å². The van der Waals surface area contributed by atoms with E-state index in [0.717, 1.165) is 26.6 Å². The Morgan fingerprint density at radius 1 is 1.08 bits per heavy atom. The summed E-state index contributed by atoms with van der Waals surface area (Å²) in [6.45, 7) is 1.35. The van der Waals surface area contributed by atoms with Crippen molar-refractivity contribution in [2.75, 3.05) is 7.11 Å². The molecule has 0 aliphatic heterocycles. The molecule has 5 heteroatoms. The van der Waals surface area contributed by atoms with Crippen LogP contribution in [0, 0.1) is 0 Å². The number of halogens is 1. The molecule has 0 radical (unpaired) electrons. The van der Waals surface area contributed by atoms with Crippen LogP contribution >= 0.6 is 15.9 Å². The highest BCUT2D eigenvalue weighted by molar-refractivity contribution is 9.10. The monoisotopic (exact) mass is 397 g/mol. The van der Waals surface area contributed by atoms with Gasteiger partial charge in [-0.3, -0.25) is 4.79 Å². The molecule has 0 aliphatic carbocycles. The molecule has 0 saturated heterocycles. The number of carbonyl (C=O) groups is 1. The fourth-order valence-corrected chi connectivity index (χ4v) is 2.88. The quantitative estimate of drug-likeness (QED) is 0.453. The average molecular weight is 398 g/mol. The highest BCUT2D eigenvalue weighted by atomic mass is 79.9. The lowest BCUT2D eigenvalue weighted by molar-refractivity contribution is -0.132. The zero-order valence-corrected chi connectivity index (χ0v) is 15.4. The van der Waals surface area contributed by atoms with Crippen molar-refractivity contribution in [3.05, 3.63) is 64.3 Å². The van der Waals surface area contributed by atoms with Crippen LogP contribution in [0.2, 0.25) is 0 Å². The first kappa shape index (κ1) is 17.2. The van der Waals surface area contributed by atoms with Crippen molar-refractivity contribution < 1.29 is 14.3 Å². The first-order valence-corrected chi connectivity index (χ1v) is 8.46. The summed E-state index contributed by atoms with van der Waals surface area (Å²) in [7, 11) is 1.54. The van der Waals surface area contributed by atoms with E-state index in [1.807, 2.05) is 48.6 Å². The third kappa shape index (κ3) is 4.06. The Morgan fingerprint density at radius 2 is 1.88 bits per heavy atom. The van der Waals surface area contributed by atoms with Crippen molar-refractivity contribution in [3.8, 4) is 11.5 Å². The largest absolute Gasteiger partial charge is 0.493 e. The number of hydrogen-bond donors (Lipinski definition) is 0. The molecule has 25 heavy (non-hydrogen) atoms. The van der Waals surface area contributed by atoms with Gasteiger partial charge in [0.25, 0.3) is 0 Å². The standard InChI is InChI=1S/C20H16BrNO3/c1-13(23)25-20-12-17(21)15(11-19(20)24-2)8-10-16-9-7-14-5-3-4-6-18(14)22-16/h3-12H,1-2H3/b10-8+. The Morgan fingerprint density at radius 3 is 2.64 bits per heavy atom. The molecular weight excluding hydrogens is 382 g/mol. The first-order chi connectivity index (χ1) is 12.1. The molecule has 3 aromatic rings. The Labute approximate surface area is 154 Å². The zero-order valence-electron chi connectivity index (χ0n) is 13.8. The van der Waals surface area contributed by atoms with Gasteiger partial charge >= 0.3 is 5.97 Å². The fraction of sp³-hybridized carbons (Fsp3) is 0.100. The van der Waals surface area contributed by atoms with Crippen molar-refractivity contribution >= 4 is 45.0 Å². The van der Waals surface area contributed by atoms with Gasteiger partial charge in [-0.25, -0.2) is 4.98 Å². The molecule has 0 aliphatic rings. The molecule has 0 amide bonds. The maximum Gasteiger partial charge on any atom is 0.308 e. The van der Waals surface area contributed by atoms with Crippen LogP contribution in [0.3, 0.4) is 0 Å². The summed E-state index contributed by atoms with van der Waals surface area (Å²) < 4.78 is 11.2. The van der Waals surface area contributed by atoms with Gasteiger partial charge in [0, 0.05) is 16.8 Å². The lowest BCUT2D eigenvalue weighted by atomic mass is 10.1. The number of rotatable bonds is 4. The first-order valence-electron chi connectivity index (χ1n) is 7.66. The van der Waals surface area contributed by atoms with Gasteiger partial charge < -0.3 is 9.47 Å². The molecule has 0 atom stereocenters. The molecule has 1 heterocycles. The molecule has 1 aromatic heterocycles. The molecular formula is C20H16BrNO3. The predicted molar refractivity (Wildman–Crippen MR) is 103 cm³/mol. The van der Waals surface area contributed by atoms with Gasteiger partial charge in [-0.2, -0.15) is 0 Å². The lowest BCUT2D eigenvalue weighted by Crippen LogP contribution is -2.03. The van der Waals surface area contributed by atoms with E-state index in [1.165, 1.54) is 14.0 Å². The second kappa shape index (κ2) is 7.49. The van der Waals surface area contributed by atoms with Crippen LogP contribution in [0.5, 0.6) is 11.5 Å². The number of nitrogens with zero attached hydrogens (tertiary/aromatic N) is 1. The molecule has 0 unspecified atom stereocenters. The van der Waals surface area contributed by atoms with Crippen LogP contribution in [0.25, 0.3) is 23.1 Å². The summed E-state index contributed by atoms with van der Waals surface area (Å²) in [5.41, 5.74) is 2.70. The highest BCUT2D eigenvalue weighted by Gasteiger charge is 2.10. The van der Waals surface area contributed by atoms with Gasteiger partial charge in [0.1, 0.15) is 0 Å². The van der Waals surface area contributed by atoms with Gasteiger partial charge in [0.15, 0.2) is 11.5 Å². The molecule has 126 valence electrons. The van der Waals surface area contributed by atoms with E-state index >= 15 is 0 Å². The minimum atomic E-state index is -0.395. The SMILES string of the molecule is COc1cc(/C=C/c2ccc3ccccc3n2)c(Br)cc1OC(C)=O. The number of pyridine rings is 1. The zero-order chi connectivity index (χ0) is 17.8. The molecule has 2 aromatic carbocycles. The molecule has 0 saturated carbocycles. The van der Waals surface area contributed by atoms with E-state index in [-0.39, 0.29) is 0 Å². The van der Waals surface area contributed by atoms with Crippen LogP contribution in [-0.2, 0) is 4.79 Å². The van der Waals surface area contributed by atoms with Gasteiger partial charge in [-0.1, -0.05) is 46.3 Å². The molecule has 3 rings (SSSR count). The van der Waals surface area contributed by atoms with E-state index in [0.29, 0.717) is 11.5 Å². The van der Waals surface area contributed by atoms with E-state index in [4.69, 9.17) is 9.47 Å². The number of hydrogen-bond acceptors (Lipinski definition) is 4. The van der Waals surface area contributed by atoms with Crippen molar-refractivity contribution in [1.82, 2.24) is 4.98 Å². The summed E-state index contributed by atoms with van der Waals surface area (Å²) >= 11 is 3.50. The fourth-order valence-electron chi connectivity index (χ4n) is 2.42. The van der Waals surface area contributed by atoms with Gasteiger partial charge in [0.2, 0.25) is 0 Å². The summed E-state index contributed by atoms with van der Waals surface area (Å²) in [5.74, 6) is 0.473. The number of ether oxygens (including phenoxy) is 2. The molecule has 0 spiro atoms. The van der Waals surface area contributed by atoms with Crippen LogP contribution in [-0.4, -0.2) is 18.1 Å². The van der Waals surface area contributed by atoms with E-state index in [9.17, 15) is 4.79 Å². The number of esters is 1. The van der Waals surface area contributed by atoms with Crippen molar-refractivity contribution in [1.29, 1.82) is 0 Å². The van der Waals surface area contributed by atoms with Crippen LogP contribution in [0.1, 0.15) is 18.2 Å². The van der Waals surface area contributed by atoms with Crippen molar-refractivity contribution in [2.24, 2.45) is 0 Å². The number of fused-ring (bicyclic) bond motifs is 1. The lowest BCUT2D eigenvalue weighted by Gasteiger charge is -2.10. The highest BCUT2D eigenvalue weighted by Crippen LogP contribution is 2.34. The maximum absolute atomic E-state index is 11.2. The van der Waals surface area contributed by atoms with Crippen LogP contribution < -0.4 is 9.47 Å². The van der Waals surface area contributed by atoms with E-state index in [2.05, 4.69) is 20.9 Å². The average Bonchev–Trinajstić information content (AvgIpc) is 2.60. The minimum absolute atomic E-state index is 0.378. The summed E-state index contributed by atoms with van der Waals surface area (Å²) in [6.07, 6.45) is 3.86. The summed E-state index contributed by atoms with van der Waals surface area (Å²) in [5, 5.41) is 1.10. The maximum atomic E-state index is 11.2. The number of methoxy groups -OCH3 is 1. The summed E-state index contributed by atoms with van der Waals surface area (Å²) in [4.78, 5) is 15.8. The van der Waals surface area contributed by atoms with Gasteiger partial charge in [0.05, 0.1) is 18.3 Å². The number of para-hydroxylation sites is 1. The minimum Gasteiger partial charge on any atom is -0.493 e. The number of benzene rings is 2. The Balaban J connectivity index is 1.92. The second-order valence-electron chi connectivity index (χ2n) is 5.38. The van der Waals surface area contributed by atoms with Crippen LogP contribution in [0.15, 0.2) is 53.0 Å². The number of carbonyl (C=O) groups excluding carboxylic acids is 1. The molecule has 0 N–H and O–H groups in total. The van der Waals surface area contributed by atoms with Gasteiger partial charge in [-0.15, -0.1) is 0 Å². The molecule has 0 bridgehead atoms. The topological polar surface area (TPSA) is 48.4 Å².